The van der Waals surface area contributed by atoms with Crippen LogP contribution in [-0.4, -0.2) is 28.9 Å². The number of aromatic nitrogens is 5. The molecule has 8 nitrogen and oxygen atoms in total. The molecule has 0 radical (unpaired) electrons. The highest BCUT2D eigenvalue weighted by molar-refractivity contribution is 5.78. The van der Waals surface area contributed by atoms with Crippen molar-refractivity contribution in [3.05, 3.63) is 32.2 Å². The molecule has 4 rings (SSSR count). The molecule has 0 spiro atoms. The lowest BCUT2D eigenvalue weighted by Gasteiger charge is -2.40. The normalized spacial score (nSPS) is 21.6. The van der Waals surface area contributed by atoms with Crippen LogP contribution >= 0.6 is 0 Å². The van der Waals surface area contributed by atoms with Gasteiger partial charge in [0.1, 0.15) is 5.78 Å². The molecular formula is C22H31N5O3. The third kappa shape index (κ3) is 2.96. The first kappa shape index (κ1) is 20.6. The number of ketones is 1. The number of carbonyl (C=O) groups is 1. The molecule has 0 saturated heterocycles. The Hall–Kier alpha value is -2.64. The van der Waals surface area contributed by atoms with E-state index >= 15 is 0 Å². The summed E-state index contributed by atoms with van der Waals surface area (Å²) in [5, 5.41) is 0. The van der Waals surface area contributed by atoms with E-state index in [1.807, 2.05) is 11.3 Å². The van der Waals surface area contributed by atoms with Gasteiger partial charge >= 0.3 is 5.69 Å². The monoisotopic (exact) mass is 413 g/mol. The number of rotatable bonds is 3. The second-order valence-corrected chi connectivity index (χ2v) is 9.96. The summed E-state index contributed by atoms with van der Waals surface area (Å²) in [6.07, 6.45) is 3.29. The van der Waals surface area contributed by atoms with Crippen LogP contribution < -0.4 is 11.2 Å². The van der Waals surface area contributed by atoms with E-state index < -0.39 is 11.2 Å². The lowest BCUT2D eigenvalue weighted by Crippen LogP contribution is -2.40. The van der Waals surface area contributed by atoms with Gasteiger partial charge in [0.15, 0.2) is 11.2 Å². The number of fused-ring (bicyclic) bond motifs is 3. The van der Waals surface area contributed by atoms with Crippen LogP contribution in [0.3, 0.4) is 0 Å². The van der Waals surface area contributed by atoms with E-state index in [9.17, 15) is 14.4 Å². The van der Waals surface area contributed by atoms with E-state index in [0.29, 0.717) is 22.9 Å². The quantitative estimate of drug-likeness (QED) is 0.661. The minimum atomic E-state index is -0.517. The van der Waals surface area contributed by atoms with Gasteiger partial charge in [0.05, 0.1) is 6.54 Å². The average molecular weight is 414 g/mol. The van der Waals surface area contributed by atoms with Gasteiger partial charge in [-0.15, -0.1) is 0 Å². The summed E-state index contributed by atoms with van der Waals surface area (Å²) in [6, 6.07) is 0.285. The van der Waals surface area contributed by atoms with Crippen molar-refractivity contribution in [2.24, 2.45) is 18.4 Å². The minimum absolute atomic E-state index is 0.233. The smallest absolute Gasteiger partial charge is 0.311 e. The maximum atomic E-state index is 13.2. The number of aryl methyl sites for hydroxylation is 2. The van der Waals surface area contributed by atoms with E-state index in [-0.39, 0.29) is 23.8 Å². The van der Waals surface area contributed by atoms with Gasteiger partial charge < -0.3 is 4.57 Å². The second-order valence-electron chi connectivity index (χ2n) is 9.96. The van der Waals surface area contributed by atoms with Crippen molar-refractivity contribution in [1.82, 2.24) is 23.1 Å². The molecule has 0 unspecified atom stereocenters. The van der Waals surface area contributed by atoms with Gasteiger partial charge in [0.2, 0.25) is 5.78 Å². The lowest BCUT2D eigenvalue weighted by molar-refractivity contribution is -0.117. The number of imidazole rings is 2. The van der Waals surface area contributed by atoms with Crippen LogP contribution in [0.4, 0.5) is 0 Å². The van der Waals surface area contributed by atoms with E-state index in [1.165, 1.54) is 17.9 Å². The van der Waals surface area contributed by atoms with Gasteiger partial charge in [0.25, 0.3) is 5.56 Å². The third-order valence-corrected chi connectivity index (χ3v) is 6.67. The summed E-state index contributed by atoms with van der Waals surface area (Å²) in [5.41, 5.74) is 1.99. The highest BCUT2D eigenvalue weighted by Crippen LogP contribution is 2.45. The van der Waals surface area contributed by atoms with Gasteiger partial charge in [-0.05, 0) is 51.4 Å². The van der Waals surface area contributed by atoms with Crippen LogP contribution in [-0.2, 0) is 18.4 Å². The van der Waals surface area contributed by atoms with Crippen LogP contribution in [0.25, 0.3) is 16.9 Å². The first-order chi connectivity index (χ1) is 13.9. The van der Waals surface area contributed by atoms with Crippen LogP contribution in [0.2, 0.25) is 0 Å². The molecule has 8 heteroatoms. The molecule has 1 aliphatic carbocycles. The van der Waals surface area contributed by atoms with Crippen molar-refractivity contribution < 1.29 is 4.79 Å². The first-order valence-electron chi connectivity index (χ1n) is 10.6. The summed E-state index contributed by atoms with van der Waals surface area (Å²) in [7, 11) is 1.60. The van der Waals surface area contributed by atoms with E-state index in [1.54, 1.807) is 7.05 Å². The molecule has 0 bridgehead atoms. The summed E-state index contributed by atoms with van der Waals surface area (Å²) in [5.74, 6) is 1.06. The maximum absolute atomic E-state index is 13.2. The Morgan fingerprint density at radius 2 is 1.83 bits per heavy atom. The Balaban J connectivity index is 2.06. The van der Waals surface area contributed by atoms with Gasteiger partial charge in [0, 0.05) is 24.5 Å². The van der Waals surface area contributed by atoms with Gasteiger partial charge in [-0.3, -0.25) is 23.1 Å². The van der Waals surface area contributed by atoms with Crippen LogP contribution in [0.5, 0.6) is 0 Å². The largest absolute Gasteiger partial charge is 0.332 e. The van der Waals surface area contributed by atoms with Gasteiger partial charge in [-0.2, -0.15) is 4.98 Å². The van der Waals surface area contributed by atoms with Crippen molar-refractivity contribution >= 4 is 22.7 Å². The highest BCUT2D eigenvalue weighted by Gasteiger charge is 2.35. The zero-order chi connectivity index (χ0) is 22.1. The summed E-state index contributed by atoms with van der Waals surface area (Å²) < 4.78 is 6.51. The molecular weight excluding hydrogens is 382 g/mol. The molecule has 3 aromatic heterocycles. The molecule has 1 saturated carbocycles. The molecule has 2 atom stereocenters. The van der Waals surface area contributed by atoms with Crippen LogP contribution in [0, 0.1) is 25.2 Å². The predicted octanol–water partition coefficient (Wildman–Crippen LogP) is 2.74. The van der Waals surface area contributed by atoms with Gasteiger partial charge in [-0.1, -0.05) is 20.8 Å². The first-order valence-corrected chi connectivity index (χ1v) is 10.6. The molecule has 0 aliphatic heterocycles. The molecule has 30 heavy (non-hydrogen) atoms. The average Bonchev–Trinajstić information content (AvgIpc) is 3.11. The highest BCUT2D eigenvalue weighted by atomic mass is 16.2. The minimum Gasteiger partial charge on any atom is -0.311 e. The van der Waals surface area contributed by atoms with E-state index in [0.717, 1.165) is 28.8 Å². The van der Waals surface area contributed by atoms with E-state index in [2.05, 4.69) is 32.3 Å². The third-order valence-electron chi connectivity index (χ3n) is 6.67. The molecule has 0 N–H and O–H groups in total. The molecule has 3 heterocycles. The fraction of sp³-hybridized carbons (Fsp3) is 0.636. The topological polar surface area (TPSA) is 83.3 Å². The molecule has 1 fully saturated rings. The predicted molar refractivity (Wildman–Crippen MR) is 116 cm³/mol. The van der Waals surface area contributed by atoms with Crippen LogP contribution in [0.15, 0.2) is 9.59 Å². The van der Waals surface area contributed by atoms with Crippen LogP contribution in [0.1, 0.15) is 64.4 Å². The standard InChI is InChI=1S/C22H31N5O3/c1-12-8-16(10-22(5,6)9-12)26-14(3)15(4)27-17-18(23-20(26)27)24(7)21(30)25(19(17)29)11-13(2)28/h12,16H,8-11H2,1-7H3/t12-,16+/m1/s1. The number of hydrogen-bond donors (Lipinski definition) is 0. The summed E-state index contributed by atoms with van der Waals surface area (Å²) in [4.78, 5) is 42.4. The fourth-order valence-electron chi connectivity index (χ4n) is 5.57. The van der Waals surface area contributed by atoms with E-state index in [4.69, 9.17) is 4.98 Å². The zero-order valence-corrected chi connectivity index (χ0v) is 18.9. The maximum Gasteiger partial charge on any atom is 0.332 e. The molecule has 162 valence electrons. The Labute approximate surface area is 175 Å². The number of hydrogen-bond acceptors (Lipinski definition) is 4. The Morgan fingerprint density at radius 3 is 2.43 bits per heavy atom. The van der Waals surface area contributed by atoms with Crippen molar-refractivity contribution in [2.75, 3.05) is 0 Å². The second kappa shape index (κ2) is 6.68. The molecule has 1 aliphatic rings. The SMILES string of the molecule is CC(=O)Cn1c(=O)c2c(nc3n([C@H]4C[C@@H](C)CC(C)(C)C4)c(C)c(C)n23)n(C)c1=O. The molecule has 0 amide bonds. The van der Waals surface area contributed by atoms with Crippen molar-refractivity contribution in [3.63, 3.8) is 0 Å². The molecule has 3 aromatic rings. The zero-order valence-electron chi connectivity index (χ0n) is 18.9. The van der Waals surface area contributed by atoms with Crippen molar-refractivity contribution in [1.29, 1.82) is 0 Å². The fourth-order valence-corrected chi connectivity index (χ4v) is 5.57. The van der Waals surface area contributed by atoms with Crippen molar-refractivity contribution in [2.45, 2.75) is 73.4 Å². The Bertz CT molecular complexity index is 1300. The number of nitrogens with zero attached hydrogens (tertiary/aromatic N) is 5. The molecule has 0 aromatic carbocycles. The van der Waals surface area contributed by atoms with Gasteiger partial charge in [-0.25, -0.2) is 4.79 Å². The Morgan fingerprint density at radius 1 is 1.17 bits per heavy atom. The summed E-state index contributed by atoms with van der Waals surface area (Å²) in [6.45, 7) is 12.1. The van der Waals surface area contributed by atoms with Crippen molar-refractivity contribution in [3.8, 4) is 0 Å². The summed E-state index contributed by atoms with van der Waals surface area (Å²) >= 11 is 0. The Kier molecular flexibility index (Phi) is 4.60. The number of carbonyl (C=O) groups excluding carboxylic acids is 1. The lowest BCUT2D eigenvalue weighted by atomic mass is 9.70. The number of Topliss-reactive ketones (excluding diaryl/α,β-unsaturated/α-hetero) is 1.